The van der Waals surface area contributed by atoms with Crippen LogP contribution in [0.4, 0.5) is 23.2 Å². The summed E-state index contributed by atoms with van der Waals surface area (Å²) in [4.78, 5) is 29.0. The lowest BCUT2D eigenvalue weighted by Crippen LogP contribution is -2.15. The summed E-state index contributed by atoms with van der Waals surface area (Å²) in [6.45, 7) is 0. The minimum atomic E-state index is -4.84. The van der Waals surface area contributed by atoms with E-state index in [1.807, 2.05) is 0 Å². The van der Waals surface area contributed by atoms with Gasteiger partial charge in [0.15, 0.2) is 5.69 Å². The Morgan fingerprint density at radius 3 is 2.31 bits per heavy atom. The van der Waals surface area contributed by atoms with Crippen molar-refractivity contribution in [2.45, 2.75) is 6.18 Å². The van der Waals surface area contributed by atoms with Crippen LogP contribution in [0.25, 0.3) is 11.3 Å². The highest BCUT2D eigenvalue weighted by Crippen LogP contribution is 2.33. The number of nitrogens with one attached hydrogen (secondary N) is 1. The average molecular weight is 496 g/mol. The summed E-state index contributed by atoms with van der Waals surface area (Å²) in [5, 5.41) is 10.5. The van der Waals surface area contributed by atoms with E-state index in [-0.39, 0.29) is 11.4 Å². The van der Waals surface area contributed by atoms with E-state index in [1.165, 1.54) is 37.6 Å². The lowest BCUT2D eigenvalue weighted by Gasteiger charge is -2.12. The molecule has 0 aliphatic heterocycles. The molecule has 11 heteroatoms. The minimum Gasteiger partial charge on any atom is -0.495 e. The highest BCUT2D eigenvalue weighted by molar-refractivity contribution is 6.09. The quantitative estimate of drug-likeness (QED) is 0.292. The van der Waals surface area contributed by atoms with Crippen LogP contribution in [0.3, 0.4) is 0 Å². The van der Waals surface area contributed by atoms with Gasteiger partial charge in [-0.1, -0.05) is 12.1 Å². The number of halogens is 4. The van der Waals surface area contributed by atoms with E-state index in [0.29, 0.717) is 40.9 Å². The number of carbonyl (C=O) groups excluding carboxylic acids is 2. The third-order valence-electron chi connectivity index (χ3n) is 5.08. The van der Waals surface area contributed by atoms with Crippen molar-refractivity contribution in [3.63, 3.8) is 0 Å². The highest BCUT2D eigenvalue weighted by Gasteiger charge is 2.35. The van der Waals surface area contributed by atoms with Gasteiger partial charge in [0.1, 0.15) is 17.3 Å². The predicted octanol–water partition coefficient (Wildman–Crippen LogP) is 5.19. The molecule has 2 heterocycles. The maximum atomic E-state index is 13.6. The first-order valence-electron chi connectivity index (χ1n) is 10.3. The normalized spacial score (nSPS) is 11.1. The van der Waals surface area contributed by atoms with Gasteiger partial charge in [-0.2, -0.15) is 13.2 Å². The molecule has 0 bridgehead atoms. The van der Waals surface area contributed by atoms with Gasteiger partial charge in [-0.15, -0.1) is 10.2 Å². The zero-order valence-corrected chi connectivity index (χ0v) is 18.5. The van der Waals surface area contributed by atoms with Crippen LogP contribution in [0, 0.1) is 5.82 Å². The Morgan fingerprint density at radius 2 is 1.67 bits per heavy atom. The minimum absolute atomic E-state index is 0.0233. The molecule has 0 atom stereocenters. The van der Waals surface area contributed by atoms with E-state index in [2.05, 4.69) is 20.5 Å². The number of ether oxygens (including phenoxy) is 1. The molecule has 0 aliphatic rings. The number of aromatic nitrogens is 3. The molecule has 7 nitrogen and oxygen atoms in total. The Kier molecular flexibility index (Phi) is 6.73. The molecule has 4 aromatic rings. The largest absolute Gasteiger partial charge is 0.495 e. The molecule has 0 fully saturated rings. The van der Waals surface area contributed by atoms with Gasteiger partial charge >= 0.3 is 6.18 Å². The molecule has 0 saturated carbocycles. The first-order chi connectivity index (χ1) is 17.2. The fourth-order valence-electron chi connectivity index (χ4n) is 3.31. The number of alkyl halides is 3. The van der Waals surface area contributed by atoms with Crippen LogP contribution in [0.1, 0.15) is 32.1 Å². The lowest BCUT2D eigenvalue weighted by molar-refractivity contribution is -0.137. The van der Waals surface area contributed by atoms with Gasteiger partial charge in [-0.3, -0.25) is 14.6 Å². The molecule has 0 radical (unpaired) electrons. The summed E-state index contributed by atoms with van der Waals surface area (Å²) in [5.74, 6) is -2.11. The molecule has 1 amide bonds. The Hall–Kier alpha value is -4.67. The molecule has 2 aromatic heterocycles. The molecule has 2 aromatic carbocycles. The topological polar surface area (TPSA) is 94.1 Å². The number of amides is 1. The standard InChI is InChI=1S/C25H16F4N4O3/c1-36-22-5-3-2-4-19(22)31-24(35)21-11-10-18(32-33-21)14-6-9-20(30-13-14)23(34)16-12-15(26)7-8-17(16)25(27,28)29/h2-13H,1H3,(H,31,35). The van der Waals surface area contributed by atoms with Crippen molar-refractivity contribution < 1.29 is 31.9 Å². The van der Waals surface area contributed by atoms with E-state index in [4.69, 9.17) is 4.74 Å². The van der Waals surface area contributed by atoms with Gasteiger partial charge in [0.25, 0.3) is 5.91 Å². The van der Waals surface area contributed by atoms with Crippen LogP contribution >= 0.6 is 0 Å². The SMILES string of the molecule is COc1ccccc1NC(=O)c1ccc(-c2ccc(C(=O)c3cc(F)ccc3C(F)(F)F)nc2)nn1. The number of nitrogens with zero attached hydrogens (tertiary/aromatic N) is 3. The number of pyridine rings is 1. The summed E-state index contributed by atoms with van der Waals surface area (Å²) >= 11 is 0. The smallest absolute Gasteiger partial charge is 0.417 e. The maximum absolute atomic E-state index is 13.6. The summed E-state index contributed by atoms with van der Waals surface area (Å²) < 4.78 is 58.5. The number of carbonyl (C=O) groups is 2. The molecule has 182 valence electrons. The number of benzene rings is 2. The molecule has 36 heavy (non-hydrogen) atoms. The van der Waals surface area contributed by atoms with Crippen LogP contribution in [-0.2, 0) is 6.18 Å². The molecule has 0 spiro atoms. The summed E-state index contributed by atoms with van der Waals surface area (Å²) in [7, 11) is 1.47. The molecule has 1 N–H and O–H groups in total. The average Bonchev–Trinajstić information content (AvgIpc) is 2.88. The zero-order valence-electron chi connectivity index (χ0n) is 18.5. The Morgan fingerprint density at radius 1 is 0.917 bits per heavy atom. The van der Waals surface area contributed by atoms with Crippen molar-refractivity contribution in [3.05, 3.63) is 101 Å². The predicted molar refractivity (Wildman–Crippen MR) is 121 cm³/mol. The van der Waals surface area contributed by atoms with Gasteiger partial charge < -0.3 is 10.1 Å². The summed E-state index contributed by atoms with van der Waals surface area (Å²) in [5.41, 5.74) is -1.23. The molecular formula is C25H16F4N4O3. The highest BCUT2D eigenvalue weighted by atomic mass is 19.4. The van der Waals surface area contributed by atoms with Crippen molar-refractivity contribution in [1.82, 2.24) is 15.2 Å². The Bertz CT molecular complexity index is 1420. The van der Waals surface area contributed by atoms with Gasteiger partial charge in [-0.05, 0) is 54.6 Å². The van der Waals surface area contributed by atoms with Crippen molar-refractivity contribution in [2.75, 3.05) is 12.4 Å². The molecule has 0 saturated heterocycles. The van der Waals surface area contributed by atoms with Crippen LogP contribution < -0.4 is 10.1 Å². The van der Waals surface area contributed by atoms with Gasteiger partial charge in [0.2, 0.25) is 5.78 Å². The number of rotatable bonds is 6. The molecule has 0 aliphatic carbocycles. The van der Waals surface area contributed by atoms with Crippen molar-refractivity contribution in [2.24, 2.45) is 0 Å². The van der Waals surface area contributed by atoms with Gasteiger partial charge in [-0.25, -0.2) is 4.39 Å². The number of para-hydroxylation sites is 2. The van der Waals surface area contributed by atoms with E-state index in [0.717, 1.165) is 0 Å². The van der Waals surface area contributed by atoms with Crippen molar-refractivity contribution in [1.29, 1.82) is 0 Å². The Labute approximate surface area is 201 Å². The number of ketones is 1. The second-order valence-electron chi connectivity index (χ2n) is 7.41. The van der Waals surface area contributed by atoms with Crippen LogP contribution in [0.15, 0.2) is 72.9 Å². The number of hydrogen-bond donors (Lipinski definition) is 1. The first kappa shape index (κ1) is 24.5. The van der Waals surface area contributed by atoms with E-state index < -0.39 is 34.8 Å². The fraction of sp³-hybridized carbons (Fsp3) is 0.0800. The third-order valence-corrected chi connectivity index (χ3v) is 5.08. The zero-order chi connectivity index (χ0) is 25.9. The number of anilines is 1. The second-order valence-corrected chi connectivity index (χ2v) is 7.41. The monoisotopic (exact) mass is 496 g/mol. The number of methoxy groups -OCH3 is 1. The molecule has 4 rings (SSSR count). The van der Waals surface area contributed by atoms with E-state index >= 15 is 0 Å². The maximum Gasteiger partial charge on any atom is 0.417 e. The van der Waals surface area contributed by atoms with Crippen LogP contribution in [-0.4, -0.2) is 34.0 Å². The van der Waals surface area contributed by atoms with Crippen molar-refractivity contribution >= 4 is 17.4 Å². The van der Waals surface area contributed by atoms with Crippen LogP contribution in [0.5, 0.6) is 5.75 Å². The van der Waals surface area contributed by atoms with Crippen molar-refractivity contribution in [3.8, 4) is 17.0 Å². The molecule has 0 unspecified atom stereocenters. The first-order valence-corrected chi connectivity index (χ1v) is 10.3. The Balaban J connectivity index is 1.52. The lowest BCUT2D eigenvalue weighted by atomic mass is 10.00. The third kappa shape index (κ3) is 5.19. The molecular weight excluding hydrogens is 480 g/mol. The van der Waals surface area contributed by atoms with Gasteiger partial charge in [0, 0.05) is 17.3 Å². The van der Waals surface area contributed by atoms with E-state index in [9.17, 15) is 27.2 Å². The summed E-state index contributed by atoms with van der Waals surface area (Å²) in [6.07, 6.45) is -3.62. The number of hydrogen-bond acceptors (Lipinski definition) is 6. The fourth-order valence-corrected chi connectivity index (χ4v) is 3.31. The second kappa shape index (κ2) is 9.90. The van der Waals surface area contributed by atoms with Crippen LogP contribution in [0.2, 0.25) is 0 Å². The van der Waals surface area contributed by atoms with E-state index in [1.54, 1.807) is 24.3 Å². The van der Waals surface area contributed by atoms with Gasteiger partial charge in [0.05, 0.1) is 24.1 Å². The summed E-state index contributed by atoms with van der Waals surface area (Å²) in [6, 6.07) is 14.0.